The molecule has 7 rings (SSSR count). The van der Waals surface area contributed by atoms with Crippen LogP contribution < -0.4 is 10.7 Å². The van der Waals surface area contributed by atoms with Crippen LogP contribution in [0.3, 0.4) is 0 Å². The lowest BCUT2D eigenvalue weighted by molar-refractivity contribution is -0.155. The number of aromatic nitrogens is 2. The van der Waals surface area contributed by atoms with Gasteiger partial charge in [0.1, 0.15) is 23.9 Å². The lowest BCUT2D eigenvalue weighted by atomic mass is 9.84. The molecular formula is C47H60N6O8. The average Bonchev–Trinajstić information content (AvgIpc) is 3.90. The predicted molar refractivity (Wildman–Crippen MR) is 231 cm³/mol. The molecule has 6 atom stereocenters. The maximum Gasteiger partial charge on any atom is 0.324 e. The lowest BCUT2D eigenvalue weighted by Crippen LogP contribution is -2.62. The van der Waals surface area contributed by atoms with Crippen LogP contribution in [0, 0.1) is 17.3 Å². The Kier molecular flexibility index (Phi) is 12.6. The number of cyclic esters (lactones) is 1. The molecule has 2 aromatic carbocycles. The zero-order valence-corrected chi connectivity index (χ0v) is 36.5. The topological polar surface area (TPSA) is 176 Å². The minimum absolute atomic E-state index is 0.00257. The number of carbonyl (C=O) groups excluding carboxylic acids is 4. The van der Waals surface area contributed by atoms with Crippen LogP contribution in [0.1, 0.15) is 83.7 Å². The number of aliphatic hydroxyl groups is 1. The van der Waals surface area contributed by atoms with E-state index < -0.39 is 53.3 Å². The van der Waals surface area contributed by atoms with Crippen molar-refractivity contribution in [2.45, 2.75) is 111 Å². The molecule has 14 heteroatoms. The number of methoxy groups -OCH3 is 1. The molecule has 1 saturated carbocycles. The number of pyridine rings is 1. The van der Waals surface area contributed by atoms with E-state index in [1.54, 1.807) is 32.5 Å². The number of hydrazine groups is 1. The zero-order chi connectivity index (χ0) is 43.9. The molecule has 3 aliphatic rings. The second-order valence-corrected chi connectivity index (χ2v) is 18.1. The Bertz CT molecular complexity index is 2320. The first kappa shape index (κ1) is 43.8. The van der Waals surface area contributed by atoms with E-state index in [1.807, 2.05) is 39.0 Å². The molecule has 2 fully saturated rings. The standard InChI is InChI=1S/C47H60N6O8/c1-9-52-38-15-14-29-22-33(38)35(42(52)32-12-10-16-48-40(32)27(4)60-8)24-47(5,6)25-61-46(59)36-13-11-17-53(50-36)45(58)37(20-28-18-30(29)21-31(54)19-28)49-43(56)41(26(2)3)51(7)44(57)34-23-39(34)55/h10,12,14-16,18-19,21-22,26-27,34,36-37,39,41,50,54-55H,9,11,13,17,20,23-25H2,1-8H3,(H,49,56)/t27-,34-,36-,37-,39-,41-/m0/s1. The summed E-state index contributed by atoms with van der Waals surface area (Å²) in [5.41, 5.74) is 9.56. The smallest absolute Gasteiger partial charge is 0.324 e. The molecule has 4 N–H and O–H groups in total. The van der Waals surface area contributed by atoms with Crippen LogP contribution in [0.25, 0.3) is 33.3 Å². The van der Waals surface area contributed by atoms with E-state index in [2.05, 4.69) is 54.3 Å². The lowest BCUT2D eigenvalue weighted by Gasteiger charge is -2.36. The SMILES string of the molecule is CCn1c(-c2cccnc2[C@H](C)OC)c2c3cc(ccc31)-c1cc(O)cc(c1)C[C@H](NC(=O)[C@H](C(C)C)N(C)C(=O)[C@H]1C[C@@H]1O)C(=O)N1CCC[C@H](N1)C(=O)OCC(C)(C)C2. The highest BCUT2D eigenvalue weighted by molar-refractivity contribution is 5.96. The molecule has 2 aromatic heterocycles. The third kappa shape index (κ3) is 9.03. The fourth-order valence-corrected chi connectivity index (χ4v) is 9.10. The summed E-state index contributed by atoms with van der Waals surface area (Å²) in [5.74, 6) is -2.69. The van der Waals surface area contributed by atoms with Crippen LogP contribution in [-0.4, -0.2) is 105 Å². The van der Waals surface area contributed by atoms with Crippen LogP contribution in [0.15, 0.2) is 54.7 Å². The number of aromatic hydroxyl groups is 1. The van der Waals surface area contributed by atoms with Crippen molar-refractivity contribution in [3.8, 4) is 28.1 Å². The first-order chi connectivity index (χ1) is 29.0. The Morgan fingerprint density at radius 2 is 1.87 bits per heavy atom. The summed E-state index contributed by atoms with van der Waals surface area (Å²) < 4.78 is 14.2. The predicted octanol–water partition coefficient (Wildman–Crippen LogP) is 5.32. The number of phenolic OH excluding ortho intramolecular Hbond substituents is 1. The molecule has 4 heterocycles. The second kappa shape index (κ2) is 17.6. The van der Waals surface area contributed by atoms with E-state index in [4.69, 9.17) is 14.5 Å². The molecule has 14 nitrogen and oxygen atoms in total. The number of esters is 1. The van der Waals surface area contributed by atoms with E-state index in [1.165, 1.54) is 9.91 Å². The number of hydrogen-bond donors (Lipinski definition) is 4. The molecule has 61 heavy (non-hydrogen) atoms. The quantitative estimate of drug-likeness (QED) is 0.162. The van der Waals surface area contributed by atoms with E-state index >= 15 is 0 Å². The third-order valence-electron chi connectivity index (χ3n) is 12.4. The molecule has 0 radical (unpaired) electrons. The number of nitrogens with zero attached hydrogens (tertiary/aromatic N) is 4. The van der Waals surface area contributed by atoms with Gasteiger partial charge < -0.3 is 34.5 Å². The molecule has 0 unspecified atom stereocenters. The number of aryl methyl sites for hydroxylation is 1. The van der Waals surface area contributed by atoms with Crippen LogP contribution in [-0.2, 0) is 48.0 Å². The Balaban J connectivity index is 1.35. The van der Waals surface area contributed by atoms with Gasteiger partial charge in [-0.15, -0.1) is 0 Å². The average molecular weight is 837 g/mol. The molecule has 1 aliphatic carbocycles. The number of rotatable bonds is 9. The number of aliphatic hydroxyl groups excluding tert-OH is 1. The minimum Gasteiger partial charge on any atom is -0.508 e. The fourth-order valence-electron chi connectivity index (χ4n) is 9.10. The van der Waals surface area contributed by atoms with Crippen molar-refractivity contribution >= 4 is 34.6 Å². The summed E-state index contributed by atoms with van der Waals surface area (Å²) in [5, 5.41) is 26.6. The van der Waals surface area contributed by atoms with Crippen molar-refractivity contribution in [2.24, 2.45) is 17.3 Å². The van der Waals surface area contributed by atoms with Crippen molar-refractivity contribution in [3.05, 3.63) is 71.5 Å². The minimum atomic E-state index is -1.14. The van der Waals surface area contributed by atoms with Gasteiger partial charge >= 0.3 is 5.97 Å². The first-order valence-corrected chi connectivity index (χ1v) is 21.5. The van der Waals surface area contributed by atoms with Crippen LogP contribution in [0.4, 0.5) is 0 Å². The van der Waals surface area contributed by atoms with Gasteiger partial charge in [0.25, 0.3) is 5.91 Å². The van der Waals surface area contributed by atoms with Gasteiger partial charge in [-0.1, -0.05) is 39.8 Å². The highest BCUT2D eigenvalue weighted by Crippen LogP contribution is 2.42. The molecule has 6 bridgehead atoms. The largest absolute Gasteiger partial charge is 0.508 e. The van der Waals surface area contributed by atoms with E-state index in [0.29, 0.717) is 37.8 Å². The van der Waals surface area contributed by atoms with Gasteiger partial charge in [-0.2, -0.15) is 0 Å². The monoisotopic (exact) mass is 836 g/mol. The Labute approximate surface area is 357 Å². The summed E-state index contributed by atoms with van der Waals surface area (Å²) >= 11 is 0. The number of hydrogen-bond acceptors (Lipinski definition) is 10. The summed E-state index contributed by atoms with van der Waals surface area (Å²) in [6.07, 6.45) is 2.62. The van der Waals surface area contributed by atoms with Crippen LogP contribution in [0.2, 0.25) is 0 Å². The number of ether oxygens (including phenoxy) is 2. The van der Waals surface area contributed by atoms with E-state index in [0.717, 1.165) is 44.5 Å². The van der Waals surface area contributed by atoms with Crippen molar-refractivity contribution < 1.29 is 38.9 Å². The summed E-state index contributed by atoms with van der Waals surface area (Å²) in [7, 11) is 3.22. The molecule has 326 valence electrons. The summed E-state index contributed by atoms with van der Waals surface area (Å²) in [4.78, 5) is 62.0. The maximum atomic E-state index is 14.5. The van der Waals surface area contributed by atoms with Crippen LogP contribution >= 0.6 is 0 Å². The summed E-state index contributed by atoms with van der Waals surface area (Å²) in [6, 6.07) is 12.6. The van der Waals surface area contributed by atoms with Crippen molar-refractivity contribution in [1.29, 1.82) is 0 Å². The van der Waals surface area contributed by atoms with Gasteiger partial charge in [0, 0.05) is 61.7 Å². The number of carbonyl (C=O) groups is 4. The molecule has 1 saturated heterocycles. The molecular weight excluding hydrogens is 777 g/mol. The Morgan fingerprint density at radius 1 is 1.11 bits per heavy atom. The maximum absolute atomic E-state index is 14.5. The number of fused-ring (bicyclic) bond motifs is 6. The molecule has 3 amide bonds. The van der Waals surface area contributed by atoms with Crippen molar-refractivity contribution in [2.75, 3.05) is 27.3 Å². The van der Waals surface area contributed by atoms with E-state index in [9.17, 15) is 29.4 Å². The van der Waals surface area contributed by atoms with Gasteiger partial charge in [-0.05, 0) is 104 Å². The van der Waals surface area contributed by atoms with Gasteiger partial charge in [-0.25, -0.2) is 5.43 Å². The number of benzene rings is 2. The van der Waals surface area contributed by atoms with Crippen LogP contribution in [0.5, 0.6) is 5.75 Å². The zero-order valence-electron chi connectivity index (χ0n) is 36.5. The van der Waals surface area contributed by atoms with Gasteiger partial charge in [0.05, 0.1) is 36.1 Å². The van der Waals surface area contributed by atoms with Crippen molar-refractivity contribution in [1.82, 2.24) is 30.2 Å². The first-order valence-electron chi connectivity index (χ1n) is 21.5. The van der Waals surface area contributed by atoms with Gasteiger partial charge in [0.2, 0.25) is 11.8 Å². The number of nitrogens with one attached hydrogen (secondary N) is 2. The Hall–Kier alpha value is -5.31. The second-order valence-electron chi connectivity index (χ2n) is 18.1. The number of phenols is 1. The van der Waals surface area contributed by atoms with Gasteiger partial charge in [-0.3, -0.25) is 29.2 Å². The van der Waals surface area contributed by atoms with Gasteiger partial charge in [0.15, 0.2) is 0 Å². The highest BCUT2D eigenvalue weighted by atomic mass is 16.5. The Morgan fingerprint density at radius 3 is 2.56 bits per heavy atom. The third-order valence-corrected chi connectivity index (χ3v) is 12.4. The molecule has 4 aromatic rings. The molecule has 0 spiro atoms. The number of amides is 3. The highest BCUT2D eigenvalue weighted by Gasteiger charge is 2.46. The normalized spacial score (nSPS) is 22.6. The fraction of sp³-hybridized carbons (Fsp3) is 0.511. The molecule has 2 aliphatic heterocycles. The summed E-state index contributed by atoms with van der Waals surface area (Å²) in [6.45, 7) is 13.0. The number of likely N-dealkylation sites (N-methyl/N-ethyl adjacent to an activating group) is 1. The van der Waals surface area contributed by atoms with E-state index in [-0.39, 0.29) is 43.3 Å². The van der Waals surface area contributed by atoms with Crippen molar-refractivity contribution in [3.63, 3.8) is 0 Å².